The molecule has 0 fully saturated rings. The molecular weight excluding hydrogens is 322 g/mol. The number of furan rings is 1. The number of hydrogen-bond donors (Lipinski definition) is 0. The molecule has 26 heavy (non-hydrogen) atoms. The molecule has 0 amide bonds. The van der Waals surface area contributed by atoms with Crippen molar-refractivity contribution in [1.82, 2.24) is 9.88 Å². The summed E-state index contributed by atoms with van der Waals surface area (Å²) in [5, 5.41) is 1.97. The van der Waals surface area contributed by atoms with Crippen LogP contribution in [-0.4, -0.2) is 22.1 Å². The van der Waals surface area contributed by atoms with E-state index in [0.29, 0.717) is 11.4 Å². The van der Waals surface area contributed by atoms with Crippen LogP contribution in [0, 0.1) is 6.92 Å². The lowest BCUT2D eigenvalue weighted by Gasteiger charge is -2.33. The molecule has 0 radical (unpaired) electrons. The Hall–Kier alpha value is -2.49. The predicted molar refractivity (Wildman–Crippen MR) is 108 cm³/mol. The van der Waals surface area contributed by atoms with Gasteiger partial charge in [-0.3, -0.25) is 0 Å². The summed E-state index contributed by atoms with van der Waals surface area (Å²) < 4.78 is 22.9. The van der Waals surface area contributed by atoms with Gasteiger partial charge in [-0.2, -0.15) is 0 Å². The van der Waals surface area contributed by atoms with Crippen molar-refractivity contribution in [1.29, 1.82) is 0 Å². The maximum absolute atomic E-state index is 8.40. The number of aryl methyl sites for hydroxylation is 1. The zero-order chi connectivity index (χ0) is 20.4. The first kappa shape index (κ1) is 14.7. The van der Waals surface area contributed by atoms with E-state index in [1.165, 1.54) is 0 Å². The van der Waals surface area contributed by atoms with Gasteiger partial charge < -0.3 is 14.2 Å². The quantitative estimate of drug-likeness (QED) is 0.600. The highest BCUT2D eigenvalue weighted by Crippen LogP contribution is 2.39. The average Bonchev–Trinajstić information content (AvgIpc) is 3.13. The van der Waals surface area contributed by atoms with Crippen molar-refractivity contribution in [2.75, 3.05) is 4.90 Å². The van der Waals surface area contributed by atoms with Crippen LogP contribution in [0.3, 0.4) is 0 Å². The molecule has 0 unspecified atom stereocenters. The van der Waals surface area contributed by atoms with E-state index in [1.807, 2.05) is 57.1 Å². The molecule has 0 spiro atoms. The first-order valence-electron chi connectivity index (χ1n) is 10.1. The molecule has 1 aliphatic heterocycles. The molecule has 3 heterocycles. The molecule has 0 bridgehead atoms. The second-order valence-corrected chi connectivity index (χ2v) is 7.45. The van der Waals surface area contributed by atoms with E-state index in [9.17, 15) is 0 Å². The lowest BCUT2D eigenvalue weighted by Crippen LogP contribution is -2.39. The number of hydrogen-bond acceptors (Lipinski definition) is 4. The predicted octanol–water partition coefficient (Wildman–Crippen LogP) is 5.76. The molecule has 1 aromatic carbocycles. The Morgan fingerprint density at radius 3 is 2.46 bits per heavy atom. The Kier molecular flexibility index (Phi) is 3.41. The Bertz CT molecular complexity index is 1090. The van der Waals surface area contributed by atoms with Crippen molar-refractivity contribution in [2.45, 2.75) is 59.6 Å². The SMILES string of the molecule is [2H]C(C)(C)c1ccc2c(n1)oc1c(N3C=CN(C([2H])(C)C)[C@@H]3C)c(C)ccc12. The number of aromatic nitrogens is 1. The van der Waals surface area contributed by atoms with E-state index in [0.717, 1.165) is 27.6 Å². The monoisotopic (exact) mass is 351 g/mol. The smallest absolute Gasteiger partial charge is 0.227 e. The fourth-order valence-corrected chi connectivity index (χ4v) is 3.72. The second-order valence-electron chi connectivity index (χ2n) is 7.45. The third-order valence-electron chi connectivity index (χ3n) is 5.16. The fourth-order valence-electron chi connectivity index (χ4n) is 3.72. The lowest BCUT2D eigenvalue weighted by molar-refractivity contribution is 0.263. The van der Waals surface area contributed by atoms with E-state index in [4.69, 9.17) is 7.16 Å². The van der Waals surface area contributed by atoms with E-state index in [1.54, 1.807) is 0 Å². The van der Waals surface area contributed by atoms with E-state index >= 15 is 0 Å². The normalized spacial score (nSPS) is 19.5. The molecule has 1 aliphatic rings. The summed E-state index contributed by atoms with van der Waals surface area (Å²) in [5.41, 5.74) is 4.15. The van der Waals surface area contributed by atoms with Gasteiger partial charge >= 0.3 is 0 Å². The number of pyridine rings is 1. The highest BCUT2D eigenvalue weighted by atomic mass is 16.3. The summed E-state index contributed by atoms with van der Waals surface area (Å²) in [5.74, 6) is -0.779. The largest absolute Gasteiger partial charge is 0.435 e. The van der Waals surface area contributed by atoms with Crippen LogP contribution in [0.1, 0.15) is 54.5 Å². The minimum absolute atomic E-state index is 0.000655. The molecule has 0 aliphatic carbocycles. The van der Waals surface area contributed by atoms with E-state index in [-0.39, 0.29) is 6.17 Å². The Balaban J connectivity index is 1.90. The Labute approximate surface area is 157 Å². The highest BCUT2D eigenvalue weighted by molar-refractivity contribution is 6.08. The van der Waals surface area contributed by atoms with Crippen molar-refractivity contribution in [2.24, 2.45) is 0 Å². The first-order chi connectivity index (χ1) is 13.0. The van der Waals surface area contributed by atoms with Crippen molar-refractivity contribution >= 4 is 27.8 Å². The van der Waals surface area contributed by atoms with Crippen LogP contribution in [0.2, 0.25) is 0 Å². The van der Waals surface area contributed by atoms with Crippen LogP contribution in [0.15, 0.2) is 41.1 Å². The molecule has 4 heteroatoms. The Morgan fingerprint density at radius 2 is 1.81 bits per heavy atom. The van der Waals surface area contributed by atoms with Crippen LogP contribution in [0.5, 0.6) is 0 Å². The molecule has 0 saturated heterocycles. The molecule has 0 saturated carbocycles. The molecular formula is C22H27N3O. The van der Waals surface area contributed by atoms with Gasteiger partial charge in [-0.15, -0.1) is 0 Å². The van der Waals surface area contributed by atoms with Crippen LogP contribution in [0.4, 0.5) is 5.69 Å². The van der Waals surface area contributed by atoms with Crippen LogP contribution in [-0.2, 0) is 0 Å². The maximum Gasteiger partial charge on any atom is 0.227 e. The molecule has 3 aromatic rings. The van der Waals surface area contributed by atoms with Gasteiger partial charge in [0.25, 0.3) is 0 Å². The van der Waals surface area contributed by atoms with Gasteiger partial charge in [-0.05, 0) is 51.3 Å². The Morgan fingerprint density at radius 1 is 1.08 bits per heavy atom. The second kappa shape index (κ2) is 6.04. The van der Waals surface area contributed by atoms with Crippen LogP contribution >= 0.6 is 0 Å². The lowest BCUT2D eigenvalue weighted by atomic mass is 10.1. The van der Waals surface area contributed by atoms with Crippen molar-refractivity contribution < 1.29 is 7.16 Å². The van der Waals surface area contributed by atoms with Gasteiger partial charge in [0.2, 0.25) is 5.71 Å². The van der Waals surface area contributed by atoms with Crippen molar-refractivity contribution in [3.05, 3.63) is 47.9 Å². The zero-order valence-electron chi connectivity index (χ0n) is 18.3. The molecule has 4 nitrogen and oxygen atoms in total. The van der Waals surface area contributed by atoms with Gasteiger partial charge in [-0.25, -0.2) is 4.98 Å². The van der Waals surface area contributed by atoms with Crippen molar-refractivity contribution in [3.63, 3.8) is 0 Å². The molecule has 2 aromatic heterocycles. The highest BCUT2D eigenvalue weighted by Gasteiger charge is 2.28. The van der Waals surface area contributed by atoms with Crippen molar-refractivity contribution in [3.8, 4) is 0 Å². The fraction of sp³-hybridized carbons (Fsp3) is 0.409. The van der Waals surface area contributed by atoms with Gasteiger partial charge in [0, 0.05) is 36.3 Å². The molecule has 0 N–H and O–H groups in total. The van der Waals surface area contributed by atoms with Crippen LogP contribution in [0.25, 0.3) is 22.1 Å². The number of nitrogens with zero attached hydrogens (tertiary/aromatic N) is 3. The number of rotatable bonds is 3. The summed E-state index contributed by atoms with van der Waals surface area (Å²) in [6.45, 7) is 11.6. The number of fused-ring (bicyclic) bond motifs is 3. The minimum atomic E-state index is -0.779. The van der Waals surface area contributed by atoms with E-state index < -0.39 is 11.9 Å². The topological polar surface area (TPSA) is 32.5 Å². The summed E-state index contributed by atoms with van der Waals surface area (Å²) in [4.78, 5) is 8.80. The molecule has 136 valence electrons. The van der Waals surface area contributed by atoms with E-state index in [2.05, 4.69) is 35.9 Å². The standard InChI is InChI=1S/C22H27N3O/c1-13(2)19-10-9-18-17-8-7-15(5)20(21(17)26-22(18)23-19)25-12-11-24(14(3)4)16(25)6/h7-14,16H,1-6H3/t16-/m0/s1/i13D,14D. The number of benzene rings is 1. The van der Waals surface area contributed by atoms with Crippen LogP contribution < -0.4 is 4.90 Å². The third-order valence-corrected chi connectivity index (χ3v) is 5.16. The summed E-state index contributed by atoms with van der Waals surface area (Å²) >= 11 is 0. The first-order valence-corrected chi connectivity index (χ1v) is 9.07. The average molecular weight is 351 g/mol. The molecule has 1 atom stereocenters. The summed E-state index contributed by atoms with van der Waals surface area (Å²) in [6.07, 6.45) is 3.99. The van der Waals surface area contributed by atoms with Gasteiger partial charge in [0.15, 0.2) is 5.58 Å². The van der Waals surface area contributed by atoms with Gasteiger partial charge in [0.05, 0.1) is 7.06 Å². The molecule has 4 rings (SSSR count). The maximum atomic E-state index is 8.40. The van der Waals surface area contributed by atoms with Gasteiger partial charge in [-0.1, -0.05) is 26.0 Å². The minimum Gasteiger partial charge on any atom is -0.435 e. The summed E-state index contributed by atoms with van der Waals surface area (Å²) in [6, 6.07) is 7.37. The zero-order valence-corrected chi connectivity index (χ0v) is 16.3. The summed E-state index contributed by atoms with van der Waals surface area (Å²) in [7, 11) is 0. The van der Waals surface area contributed by atoms with Gasteiger partial charge in [0.1, 0.15) is 6.17 Å². The number of anilines is 1. The third kappa shape index (κ3) is 2.47.